The number of carbonyl (C=O) groups is 1. The predicted molar refractivity (Wildman–Crippen MR) is 64.3 cm³/mol. The van der Waals surface area contributed by atoms with Gasteiger partial charge in [0, 0.05) is 0 Å². The van der Waals surface area contributed by atoms with Crippen LogP contribution < -0.4 is 0 Å². The Morgan fingerprint density at radius 2 is 1.93 bits per heavy atom. The SMILES string of the molecule is CN(C1CCCCCOC1=O)[Si](C)(C)C. The monoisotopic (exact) mass is 229 g/mol. The molecule has 4 heteroatoms. The second-order valence-corrected chi connectivity index (χ2v) is 10.4. The molecule has 0 spiro atoms. The molecule has 15 heavy (non-hydrogen) atoms. The summed E-state index contributed by atoms with van der Waals surface area (Å²) < 4.78 is 7.52. The van der Waals surface area contributed by atoms with Crippen molar-refractivity contribution in [1.29, 1.82) is 0 Å². The highest BCUT2D eigenvalue weighted by Crippen LogP contribution is 2.19. The first-order valence-electron chi connectivity index (χ1n) is 5.82. The van der Waals surface area contributed by atoms with Crippen molar-refractivity contribution >= 4 is 14.2 Å². The van der Waals surface area contributed by atoms with Crippen LogP contribution in [0.4, 0.5) is 0 Å². The molecule has 0 N–H and O–H groups in total. The van der Waals surface area contributed by atoms with Crippen molar-refractivity contribution in [3.63, 3.8) is 0 Å². The largest absolute Gasteiger partial charge is 0.465 e. The molecule has 0 radical (unpaired) electrons. The van der Waals surface area contributed by atoms with E-state index in [1.807, 2.05) is 0 Å². The Hall–Kier alpha value is -0.353. The second kappa shape index (κ2) is 5.12. The first-order valence-corrected chi connectivity index (χ1v) is 9.27. The van der Waals surface area contributed by atoms with Crippen molar-refractivity contribution in [2.45, 2.75) is 51.4 Å². The van der Waals surface area contributed by atoms with E-state index in [2.05, 4.69) is 31.3 Å². The van der Waals surface area contributed by atoms with Crippen molar-refractivity contribution in [2.75, 3.05) is 13.7 Å². The summed E-state index contributed by atoms with van der Waals surface area (Å²) in [6.45, 7) is 7.39. The van der Waals surface area contributed by atoms with Crippen molar-refractivity contribution in [1.82, 2.24) is 4.57 Å². The number of hydrogen-bond donors (Lipinski definition) is 0. The lowest BCUT2D eigenvalue weighted by atomic mass is 10.1. The van der Waals surface area contributed by atoms with Gasteiger partial charge in [0.1, 0.15) is 14.3 Å². The van der Waals surface area contributed by atoms with Gasteiger partial charge in [0.2, 0.25) is 0 Å². The van der Waals surface area contributed by atoms with Gasteiger partial charge in [-0.2, -0.15) is 0 Å². The predicted octanol–water partition coefficient (Wildman–Crippen LogP) is 2.24. The molecule has 0 saturated carbocycles. The highest BCUT2D eigenvalue weighted by molar-refractivity contribution is 6.73. The molecular weight excluding hydrogens is 206 g/mol. The first kappa shape index (κ1) is 12.7. The number of hydrogen-bond acceptors (Lipinski definition) is 3. The van der Waals surface area contributed by atoms with E-state index in [1.165, 1.54) is 6.42 Å². The third kappa shape index (κ3) is 3.61. The number of cyclic esters (lactones) is 1. The van der Waals surface area contributed by atoms with Crippen molar-refractivity contribution in [3.8, 4) is 0 Å². The van der Waals surface area contributed by atoms with Crippen LogP contribution in [-0.4, -0.2) is 38.5 Å². The van der Waals surface area contributed by atoms with Gasteiger partial charge in [0.05, 0.1) is 6.61 Å². The van der Waals surface area contributed by atoms with E-state index in [-0.39, 0.29) is 12.0 Å². The third-order valence-corrected chi connectivity index (χ3v) is 5.59. The lowest BCUT2D eigenvalue weighted by Gasteiger charge is -2.36. The Morgan fingerprint density at radius 1 is 1.27 bits per heavy atom. The number of likely N-dealkylation sites (N-methyl/N-ethyl adjacent to an activating group) is 1. The van der Waals surface area contributed by atoms with Gasteiger partial charge in [-0.25, -0.2) is 0 Å². The number of rotatable bonds is 2. The fourth-order valence-electron chi connectivity index (χ4n) is 1.82. The topological polar surface area (TPSA) is 29.5 Å². The number of ether oxygens (including phenoxy) is 1. The summed E-state index contributed by atoms with van der Waals surface area (Å²) in [5.74, 6) is -0.0142. The minimum Gasteiger partial charge on any atom is -0.465 e. The van der Waals surface area contributed by atoms with E-state index >= 15 is 0 Å². The molecular formula is C11H23NO2Si. The van der Waals surface area contributed by atoms with Gasteiger partial charge in [-0.3, -0.25) is 4.79 Å². The van der Waals surface area contributed by atoms with E-state index in [9.17, 15) is 4.79 Å². The van der Waals surface area contributed by atoms with Gasteiger partial charge < -0.3 is 9.30 Å². The van der Waals surface area contributed by atoms with Crippen LogP contribution in [0.5, 0.6) is 0 Å². The zero-order valence-electron chi connectivity index (χ0n) is 10.4. The molecule has 0 amide bonds. The summed E-state index contributed by atoms with van der Waals surface area (Å²) in [6, 6.07) is -0.00281. The van der Waals surface area contributed by atoms with E-state index in [0.29, 0.717) is 6.61 Å². The average Bonchev–Trinajstić information content (AvgIpc) is 2.10. The van der Waals surface area contributed by atoms with E-state index in [0.717, 1.165) is 19.3 Å². The molecule has 1 heterocycles. The quantitative estimate of drug-likeness (QED) is 0.537. The molecule has 1 atom stereocenters. The number of nitrogens with zero attached hydrogens (tertiary/aromatic N) is 1. The van der Waals surface area contributed by atoms with Crippen LogP contribution in [-0.2, 0) is 9.53 Å². The highest BCUT2D eigenvalue weighted by Gasteiger charge is 2.32. The zero-order chi connectivity index (χ0) is 11.5. The molecule has 88 valence electrons. The van der Waals surface area contributed by atoms with Gasteiger partial charge >= 0.3 is 5.97 Å². The second-order valence-electron chi connectivity index (χ2n) is 5.31. The Kier molecular flexibility index (Phi) is 4.34. The average molecular weight is 229 g/mol. The number of carbonyl (C=O) groups excluding carboxylic acids is 1. The molecule has 1 unspecified atom stereocenters. The maximum absolute atomic E-state index is 11.8. The van der Waals surface area contributed by atoms with Crippen molar-refractivity contribution in [3.05, 3.63) is 0 Å². The van der Waals surface area contributed by atoms with E-state index in [4.69, 9.17) is 4.74 Å². The van der Waals surface area contributed by atoms with Crippen LogP contribution in [0, 0.1) is 0 Å². The van der Waals surface area contributed by atoms with Crippen molar-refractivity contribution < 1.29 is 9.53 Å². The molecule has 0 aliphatic carbocycles. The van der Waals surface area contributed by atoms with Crippen LogP contribution in [0.1, 0.15) is 25.7 Å². The van der Waals surface area contributed by atoms with E-state index < -0.39 is 8.24 Å². The summed E-state index contributed by atoms with van der Waals surface area (Å²) in [4.78, 5) is 11.8. The summed E-state index contributed by atoms with van der Waals surface area (Å²) in [6.07, 6.45) is 4.31. The van der Waals surface area contributed by atoms with Crippen molar-refractivity contribution in [2.24, 2.45) is 0 Å². The van der Waals surface area contributed by atoms with Gasteiger partial charge in [0.25, 0.3) is 0 Å². The van der Waals surface area contributed by atoms with Gasteiger partial charge in [-0.1, -0.05) is 26.1 Å². The summed E-state index contributed by atoms with van der Waals surface area (Å²) >= 11 is 0. The molecule has 0 aromatic heterocycles. The molecule has 1 aliphatic heterocycles. The Labute approximate surface area is 93.9 Å². The van der Waals surface area contributed by atoms with Crippen LogP contribution in [0.2, 0.25) is 19.6 Å². The minimum atomic E-state index is -1.40. The zero-order valence-corrected chi connectivity index (χ0v) is 11.4. The standard InChI is InChI=1S/C11H23NO2Si/c1-12(15(2,3)4)10-8-6-5-7-9-14-11(10)13/h10H,5-9H2,1-4H3. The molecule has 1 rings (SSSR count). The first-order chi connectivity index (χ1) is 6.93. The van der Waals surface area contributed by atoms with Gasteiger partial charge in [0.15, 0.2) is 0 Å². The lowest BCUT2D eigenvalue weighted by Crippen LogP contribution is -2.53. The molecule has 0 aromatic rings. The van der Waals surface area contributed by atoms with Crippen LogP contribution in [0.3, 0.4) is 0 Å². The molecule has 1 aliphatic rings. The van der Waals surface area contributed by atoms with Crippen LogP contribution in [0.25, 0.3) is 0 Å². The molecule has 1 saturated heterocycles. The molecule has 0 bridgehead atoms. The summed E-state index contributed by atoms with van der Waals surface area (Å²) in [5.41, 5.74) is 0. The smallest absolute Gasteiger partial charge is 0.322 e. The maximum Gasteiger partial charge on any atom is 0.322 e. The van der Waals surface area contributed by atoms with Crippen LogP contribution >= 0.6 is 0 Å². The normalized spacial score (nSPS) is 24.6. The molecule has 3 nitrogen and oxygen atoms in total. The molecule has 1 fully saturated rings. The minimum absolute atomic E-state index is 0.00281. The summed E-state index contributed by atoms with van der Waals surface area (Å²) in [5, 5.41) is 0. The fourth-order valence-corrected chi connectivity index (χ4v) is 2.99. The Bertz CT molecular complexity index is 225. The fraction of sp³-hybridized carbons (Fsp3) is 0.909. The lowest BCUT2D eigenvalue weighted by molar-refractivity contribution is -0.149. The Morgan fingerprint density at radius 3 is 2.53 bits per heavy atom. The maximum atomic E-state index is 11.8. The molecule has 0 aromatic carbocycles. The number of esters is 1. The van der Waals surface area contributed by atoms with Gasteiger partial charge in [-0.15, -0.1) is 0 Å². The summed E-state index contributed by atoms with van der Waals surface area (Å²) in [7, 11) is 0.673. The van der Waals surface area contributed by atoms with Crippen LogP contribution in [0.15, 0.2) is 0 Å². The Balaban J connectivity index is 2.67. The van der Waals surface area contributed by atoms with E-state index in [1.54, 1.807) is 0 Å². The highest BCUT2D eigenvalue weighted by atomic mass is 28.3. The van der Waals surface area contributed by atoms with Gasteiger partial charge in [-0.05, 0) is 26.3 Å². The third-order valence-electron chi connectivity index (χ3n) is 3.16.